The van der Waals surface area contributed by atoms with Gasteiger partial charge in [-0.15, -0.1) is 0 Å². The van der Waals surface area contributed by atoms with E-state index in [0.717, 1.165) is 38.7 Å². The maximum Gasteiger partial charge on any atom is 0.161 e. The Kier molecular flexibility index (Phi) is 5.31. The fourth-order valence-electron chi connectivity index (χ4n) is 7.44. The Morgan fingerprint density at radius 2 is 0.848 bits per heavy atom. The van der Waals surface area contributed by atoms with Crippen LogP contribution in [0.25, 0.3) is 93.2 Å². The van der Waals surface area contributed by atoms with E-state index < -0.39 is 0 Å². The zero-order chi connectivity index (χ0) is 30.2. The Morgan fingerprint density at radius 1 is 0.348 bits per heavy atom. The Balaban J connectivity index is 1.15. The van der Waals surface area contributed by atoms with Crippen molar-refractivity contribution in [2.75, 3.05) is 0 Å². The molecule has 0 fully saturated rings. The number of rotatable bonds is 3. The topological polar surface area (TPSA) is 18.1 Å². The molecule has 0 aliphatic carbocycles. The van der Waals surface area contributed by atoms with Gasteiger partial charge in [-0.25, -0.2) is 0 Å². The van der Waals surface area contributed by atoms with E-state index in [1.165, 1.54) is 54.6 Å². The van der Waals surface area contributed by atoms with Crippen molar-refractivity contribution in [3.05, 3.63) is 164 Å². The van der Waals surface area contributed by atoms with Crippen LogP contribution in [0, 0.1) is 0 Å². The number of hydrogen-bond donors (Lipinski definition) is 0. The van der Waals surface area contributed by atoms with Gasteiger partial charge >= 0.3 is 0 Å². The molecule has 2 heterocycles. The van der Waals surface area contributed by atoms with E-state index in [4.69, 9.17) is 4.42 Å². The molecule has 214 valence electrons. The third-order valence-corrected chi connectivity index (χ3v) is 9.59. The SMILES string of the molecule is c1ccc(-c2ccc3oc4c5ccccc5n(-c5ccc(-c6ccc7c8ccccc8c8ccccc8c7c6)cc5)c4c3c2)cc1. The van der Waals surface area contributed by atoms with Gasteiger partial charge in [0, 0.05) is 16.5 Å². The largest absolute Gasteiger partial charge is 0.454 e. The number of para-hydroxylation sites is 1. The number of nitrogens with zero attached hydrogens (tertiary/aromatic N) is 1. The lowest BCUT2D eigenvalue weighted by Gasteiger charge is -2.13. The van der Waals surface area contributed by atoms with Gasteiger partial charge in [0.2, 0.25) is 0 Å². The lowest BCUT2D eigenvalue weighted by molar-refractivity contribution is 0.673. The first-order chi connectivity index (χ1) is 22.8. The van der Waals surface area contributed by atoms with Crippen molar-refractivity contribution in [1.82, 2.24) is 4.57 Å². The molecule has 0 atom stereocenters. The van der Waals surface area contributed by atoms with E-state index >= 15 is 0 Å². The lowest BCUT2D eigenvalue weighted by atomic mass is 9.92. The fraction of sp³-hybridized carbons (Fsp3) is 0. The van der Waals surface area contributed by atoms with Gasteiger partial charge in [0.15, 0.2) is 5.58 Å². The summed E-state index contributed by atoms with van der Waals surface area (Å²) < 4.78 is 8.89. The van der Waals surface area contributed by atoms with Gasteiger partial charge < -0.3 is 8.98 Å². The molecule has 0 bridgehead atoms. The number of aromatic nitrogens is 1. The Bertz CT molecular complexity index is 2750. The monoisotopic (exact) mass is 585 g/mol. The Hall–Kier alpha value is -6.12. The molecular formula is C44H27NO. The van der Waals surface area contributed by atoms with Crippen molar-refractivity contribution in [2.24, 2.45) is 0 Å². The maximum absolute atomic E-state index is 6.54. The fourth-order valence-corrected chi connectivity index (χ4v) is 7.44. The van der Waals surface area contributed by atoms with Crippen molar-refractivity contribution in [3.8, 4) is 27.9 Å². The Labute approximate surface area is 265 Å². The van der Waals surface area contributed by atoms with E-state index in [2.05, 4.69) is 168 Å². The summed E-state index contributed by atoms with van der Waals surface area (Å²) in [6.07, 6.45) is 0. The molecule has 2 nitrogen and oxygen atoms in total. The third kappa shape index (κ3) is 3.65. The predicted octanol–water partition coefficient (Wildman–Crippen LogP) is 12.3. The molecule has 8 aromatic carbocycles. The molecule has 0 spiro atoms. The number of benzene rings is 8. The molecule has 10 aromatic rings. The van der Waals surface area contributed by atoms with Crippen LogP contribution >= 0.6 is 0 Å². The second-order valence-electron chi connectivity index (χ2n) is 12.1. The summed E-state index contributed by atoms with van der Waals surface area (Å²) in [4.78, 5) is 0. The molecule has 0 saturated carbocycles. The van der Waals surface area contributed by atoms with Gasteiger partial charge in [0.05, 0.1) is 5.52 Å². The van der Waals surface area contributed by atoms with E-state index in [9.17, 15) is 0 Å². The van der Waals surface area contributed by atoms with Gasteiger partial charge in [0.1, 0.15) is 11.1 Å². The van der Waals surface area contributed by atoms with Crippen LogP contribution in [0.3, 0.4) is 0 Å². The molecule has 0 amide bonds. The van der Waals surface area contributed by atoms with Crippen LogP contribution in [0.1, 0.15) is 0 Å². The summed E-state index contributed by atoms with van der Waals surface area (Å²) >= 11 is 0. The Morgan fingerprint density at radius 3 is 1.54 bits per heavy atom. The summed E-state index contributed by atoms with van der Waals surface area (Å²) in [6.45, 7) is 0. The summed E-state index contributed by atoms with van der Waals surface area (Å²) in [6, 6.07) is 59.0. The van der Waals surface area contributed by atoms with Crippen LogP contribution in [0.4, 0.5) is 0 Å². The molecular weight excluding hydrogens is 558 g/mol. The smallest absolute Gasteiger partial charge is 0.161 e. The van der Waals surface area contributed by atoms with Crippen molar-refractivity contribution >= 4 is 65.3 Å². The highest BCUT2D eigenvalue weighted by Gasteiger charge is 2.20. The average molecular weight is 586 g/mol. The molecule has 0 unspecified atom stereocenters. The second kappa shape index (κ2) is 9.69. The number of furan rings is 1. The first kappa shape index (κ1) is 25.2. The van der Waals surface area contributed by atoms with Crippen LogP contribution in [-0.2, 0) is 0 Å². The van der Waals surface area contributed by atoms with Crippen molar-refractivity contribution in [3.63, 3.8) is 0 Å². The van der Waals surface area contributed by atoms with E-state index in [-0.39, 0.29) is 0 Å². The summed E-state index contributed by atoms with van der Waals surface area (Å²) in [5.41, 5.74) is 9.96. The zero-order valence-electron chi connectivity index (χ0n) is 24.9. The van der Waals surface area contributed by atoms with Gasteiger partial charge in [-0.3, -0.25) is 0 Å². The minimum absolute atomic E-state index is 0.900. The molecule has 10 rings (SSSR count). The summed E-state index contributed by atoms with van der Waals surface area (Å²) in [7, 11) is 0. The standard InChI is InChI=1S/C44H27NO/c1-2-10-28(11-3-1)31-21-25-42-40(27-31)43-44(46-42)38-16-8-9-17-41(38)45(43)32-22-18-29(19-23-32)30-20-24-37-35-14-5-4-12-33(35)34-13-6-7-15-36(34)39(37)26-30/h1-27H. The van der Waals surface area contributed by atoms with Crippen LogP contribution in [0.5, 0.6) is 0 Å². The van der Waals surface area contributed by atoms with Gasteiger partial charge in [-0.1, -0.05) is 121 Å². The van der Waals surface area contributed by atoms with Crippen LogP contribution < -0.4 is 0 Å². The molecule has 0 N–H and O–H groups in total. The van der Waals surface area contributed by atoms with E-state index in [0.29, 0.717) is 0 Å². The number of fused-ring (bicyclic) bond motifs is 11. The maximum atomic E-state index is 6.54. The van der Waals surface area contributed by atoms with Gasteiger partial charge in [-0.05, 0) is 97.0 Å². The van der Waals surface area contributed by atoms with E-state index in [1.54, 1.807) is 0 Å². The third-order valence-electron chi connectivity index (χ3n) is 9.59. The van der Waals surface area contributed by atoms with E-state index in [1.807, 2.05) is 0 Å². The zero-order valence-corrected chi connectivity index (χ0v) is 24.9. The van der Waals surface area contributed by atoms with Crippen LogP contribution in [-0.4, -0.2) is 4.57 Å². The van der Waals surface area contributed by atoms with Gasteiger partial charge in [0.25, 0.3) is 0 Å². The molecule has 0 saturated heterocycles. The quantitative estimate of drug-likeness (QED) is 0.189. The first-order valence-corrected chi connectivity index (χ1v) is 15.8. The van der Waals surface area contributed by atoms with Crippen LogP contribution in [0.15, 0.2) is 168 Å². The molecule has 46 heavy (non-hydrogen) atoms. The highest BCUT2D eigenvalue weighted by molar-refractivity contribution is 6.25. The predicted molar refractivity (Wildman–Crippen MR) is 194 cm³/mol. The molecule has 2 heteroatoms. The minimum atomic E-state index is 0.900. The molecule has 0 radical (unpaired) electrons. The first-order valence-electron chi connectivity index (χ1n) is 15.8. The van der Waals surface area contributed by atoms with Crippen molar-refractivity contribution < 1.29 is 4.42 Å². The highest BCUT2D eigenvalue weighted by Crippen LogP contribution is 2.41. The summed E-state index contributed by atoms with van der Waals surface area (Å²) in [5.74, 6) is 0. The van der Waals surface area contributed by atoms with Crippen molar-refractivity contribution in [1.29, 1.82) is 0 Å². The van der Waals surface area contributed by atoms with Crippen molar-refractivity contribution in [2.45, 2.75) is 0 Å². The normalized spacial score (nSPS) is 11.9. The van der Waals surface area contributed by atoms with Crippen LogP contribution in [0.2, 0.25) is 0 Å². The van der Waals surface area contributed by atoms with Gasteiger partial charge in [-0.2, -0.15) is 0 Å². The molecule has 0 aliphatic heterocycles. The highest BCUT2D eigenvalue weighted by atomic mass is 16.3. The second-order valence-corrected chi connectivity index (χ2v) is 12.1. The lowest BCUT2D eigenvalue weighted by Crippen LogP contribution is -1.94. The summed E-state index contributed by atoms with van der Waals surface area (Å²) in [5, 5.41) is 9.99. The molecule has 0 aliphatic rings. The number of hydrogen-bond acceptors (Lipinski definition) is 1. The molecule has 2 aromatic heterocycles. The minimum Gasteiger partial charge on any atom is -0.454 e. The average Bonchev–Trinajstić information content (AvgIpc) is 3.66.